The predicted octanol–water partition coefficient (Wildman–Crippen LogP) is 5.94. The Bertz CT molecular complexity index is 813. The zero-order valence-corrected chi connectivity index (χ0v) is 18.1. The van der Waals surface area contributed by atoms with Gasteiger partial charge in [-0.05, 0) is 74.1 Å². The highest BCUT2D eigenvalue weighted by molar-refractivity contribution is 5.99. The number of amides is 1. The monoisotopic (exact) mass is 395 g/mol. The first-order valence-corrected chi connectivity index (χ1v) is 10.7. The van der Waals surface area contributed by atoms with E-state index in [1.54, 1.807) is 7.11 Å². The summed E-state index contributed by atoms with van der Waals surface area (Å²) in [6.45, 7) is 6.96. The number of benzene rings is 2. The molecule has 0 aliphatic heterocycles. The Labute approximate surface area is 174 Å². The highest BCUT2D eigenvalue weighted by Crippen LogP contribution is 2.42. The third-order valence-corrected chi connectivity index (χ3v) is 6.00. The largest absolute Gasteiger partial charge is 0.497 e. The van der Waals surface area contributed by atoms with Crippen molar-refractivity contribution in [2.75, 3.05) is 19.0 Å². The lowest BCUT2D eigenvalue weighted by Gasteiger charge is -2.29. The van der Waals surface area contributed by atoms with E-state index in [0.717, 1.165) is 79.0 Å². The van der Waals surface area contributed by atoms with Gasteiger partial charge in [0.2, 0.25) is 5.91 Å². The molecule has 2 aromatic rings. The summed E-state index contributed by atoms with van der Waals surface area (Å²) in [4.78, 5) is 13.4. The fourth-order valence-electron chi connectivity index (χ4n) is 4.35. The molecule has 3 rings (SSSR count). The van der Waals surface area contributed by atoms with Gasteiger partial charge >= 0.3 is 0 Å². The van der Waals surface area contributed by atoms with Crippen LogP contribution in [-0.2, 0) is 10.2 Å². The van der Waals surface area contributed by atoms with Gasteiger partial charge in [0.1, 0.15) is 11.5 Å². The van der Waals surface area contributed by atoms with Gasteiger partial charge in [0.05, 0.1) is 19.1 Å². The van der Waals surface area contributed by atoms with Crippen molar-refractivity contribution in [3.8, 4) is 11.5 Å². The molecule has 2 aromatic carbocycles. The fourth-order valence-corrected chi connectivity index (χ4v) is 4.35. The maximum atomic E-state index is 13.4. The summed E-state index contributed by atoms with van der Waals surface area (Å²) in [5, 5.41) is 3.20. The van der Waals surface area contributed by atoms with Gasteiger partial charge < -0.3 is 14.8 Å². The molecule has 1 aliphatic carbocycles. The number of nitrogens with one attached hydrogen (secondary N) is 1. The third-order valence-electron chi connectivity index (χ3n) is 6.00. The number of unbranched alkanes of at least 4 members (excludes halogenated alkanes) is 1. The SMILES string of the molecule is CCCCOc1c(C)cc(NC(=O)C2(c3ccc(OC)cc3)CCCC2)cc1C. The zero-order chi connectivity index (χ0) is 20.9. The quantitative estimate of drug-likeness (QED) is 0.563. The lowest BCUT2D eigenvalue weighted by atomic mass is 9.78. The maximum Gasteiger partial charge on any atom is 0.235 e. The van der Waals surface area contributed by atoms with Crippen LogP contribution in [-0.4, -0.2) is 19.6 Å². The minimum Gasteiger partial charge on any atom is -0.497 e. The average molecular weight is 396 g/mol. The topological polar surface area (TPSA) is 47.6 Å². The van der Waals surface area contributed by atoms with Gasteiger partial charge in [-0.3, -0.25) is 4.79 Å². The van der Waals surface area contributed by atoms with Crippen LogP contribution in [0.5, 0.6) is 11.5 Å². The van der Waals surface area contributed by atoms with Crippen LogP contribution in [0, 0.1) is 13.8 Å². The van der Waals surface area contributed by atoms with Crippen LogP contribution >= 0.6 is 0 Å². The second-order valence-electron chi connectivity index (χ2n) is 8.11. The highest BCUT2D eigenvalue weighted by atomic mass is 16.5. The number of ether oxygens (including phenoxy) is 2. The average Bonchev–Trinajstić information content (AvgIpc) is 3.21. The van der Waals surface area contributed by atoms with Crippen LogP contribution in [0.4, 0.5) is 5.69 Å². The van der Waals surface area contributed by atoms with Gasteiger partial charge in [-0.15, -0.1) is 0 Å². The van der Waals surface area contributed by atoms with Gasteiger partial charge in [0, 0.05) is 5.69 Å². The van der Waals surface area contributed by atoms with Crippen molar-refractivity contribution in [3.63, 3.8) is 0 Å². The smallest absolute Gasteiger partial charge is 0.235 e. The van der Waals surface area contributed by atoms with Crippen molar-refractivity contribution in [3.05, 3.63) is 53.1 Å². The predicted molar refractivity (Wildman–Crippen MR) is 118 cm³/mol. The van der Waals surface area contributed by atoms with Gasteiger partial charge in [-0.25, -0.2) is 0 Å². The van der Waals surface area contributed by atoms with Crippen LogP contribution < -0.4 is 14.8 Å². The van der Waals surface area contributed by atoms with Crippen molar-refractivity contribution in [1.29, 1.82) is 0 Å². The molecule has 29 heavy (non-hydrogen) atoms. The summed E-state index contributed by atoms with van der Waals surface area (Å²) in [6, 6.07) is 12.0. The molecule has 0 unspecified atom stereocenters. The summed E-state index contributed by atoms with van der Waals surface area (Å²) in [5.74, 6) is 1.83. The minimum absolute atomic E-state index is 0.0821. The summed E-state index contributed by atoms with van der Waals surface area (Å²) in [5.41, 5.74) is 3.56. The van der Waals surface area contributed by atoms with Crippen molar-refractivity contribution in [1.82, 2.24) is 0 Å². The lowest BCUT2D eigenvalue weighted by molar-refractivity contribution is -0.121. The molecule has 0 saturated heterocycles. The second-order valence-corrected chi connectivity index (χ2v) is 8.11. The molecule has 156 valence electrons. The first-order valence-electron chi connectivity index (χ1n) is 10.7. The van der Waals surface area contributed by atoms with Gasteiger partial charge in [0.25, 0.3) is 0 Å². The van der Waals surface area contributed by atoms with Gasteiger partial charge in [-0.1, -0.05) is 38.3 Å². The Hall–Kier alpha value is -2.49. The number of carbonyl (C=O) groups is 1. The van der Waals surface area contributed by atoms with Crippen molar-refractivity contribution < 1.29 is 14.3 Å². The molecular formula is C25H33NO3. The fraction of sp³-hybridized carbons (Fsp3) is 0.480. The third kappa shape index (κ3) is 4.58. The van der Waals surface area contributed by atoms with Crippen LogP contribution in [0.2, 0.25) is 0 Å². The number of aryl methyl sites for hydroxylation is 2. The van der Waals surface area contributed by atoms with Gasteiger partial charge in [-0.2, -0.15) is 0 Å². The van der Waals surface area contributed by atoms with E-state index in [9.17, 15) is 4.79 Å². The molecular weight excluding hydrogens is 362 g/mol. The molecule has 1 amide bonds. The molecule has 0 heterocycles. The van der Waals surface area contributed by atoms with Crippen LogP contribution in [0.15, 0.2) is 36.4 Å². The summed E-state index contributed by atoms with van der Waals surface area (Å²) < 4.78 is 11.2. The van der Waals surface area contributed by atoms with Crippen molar-refractivity contribution in [2.45, 2.75) is 64.7 Å². The lowest BCUT2D eigenvalue weighted by Crippen LogP contribution is -2.38. The number of rotatable bonds is 8. The first kappa shape index (κ1) is 21.2. The molecule has 1 N–H and O–H groups in total. The Balaban J connectivity index is 1.81. The van der Waals surface area contributed by atoms with E-state index in [2.05, 4.69) is 12.2 Å². The second kappa shape index (κ2) is 9.34. The van der Waals surface area contributed by atoms with E-state index in [-0.39, 0.29) is 5.91 Å². The van der Waals surface area contributed by atoms with Crippen LogP contribution in [0.25, 0.3) is 0 Å². The Morgan fingerprint density at radius 2 is 1.69 bits per heavy atom. The van der Waals surface area contributed by atoms with E-state index >= 15 is 0 Å². The van der Waals surface area contributed by atoms with Crippen LogP contribution in [0.3, 0.4) is 0 Å². The summed E-state index contributed by atoms with van der Waals surface area (Å²) in [7, 11) is 1.66. The number of carbonyl (C=O) groups excluding carboxylic acids is 1. The number of hydrogen-bond acceptors (Lipinski definition) is 3. The number of hydrogen-bond donors (Lipinski definition) is 1. The highest BCUT2D eigenvalue weighted by Gasteiger charge is 2.42. The molecule has 0 spiro atoms. The van der Waals surface area contributed by atoms with Gasteiger partial charge in [0.15, 0.2) is 0 Å². The van der Waals surface area contributed by atoms with E-state index < -0.39 is 5.41 Å². The molecule has 4 heteroatoms. The molecule has 0 aromatic heterocycles. The summed E-state index contributed by atoms with van der Waals surface area (Å²) >= 11 is 0. The Morgan fingerprint density at radius 1 is 1.07 bits per heavy atom. The first-order chi connectivity index (χ1) is 14.0. The van der Waals surface area contributed by atoms with E-state index in [1.807, 2.05) is 50.2 Å². The molecule has 0 radical (unpaired) electrons. The zero-order valence-electron chi connectivity index (χ0n) is 18.1. The molecule has 0 atom stereocenters. The summed E-state index contributed by atoms with van der Waals surface area (Å²) in [6.07, 6.45) is 6.05. The Kier molecular flexibility index (Phi) is 6.83. The van der Waals surface area contributed by atoms with Crippen LogP contribution in [0.1, 0.15) is 62.1 Å². The normalized spacial score (nSPS) is 15.2. The van der Waals surface area contributed by atoms with E-state index in [1.165, 1.54) is 0 Å². The van der Waals surface area contributed by atoms with Crippen molar-refractivity contribution in [2.24, 2.45) is 0 Å². The standard InChI is InChI=1S/C25H33NO3/c1-5-6-15-29-23-18(2)16-21(17-19(23)3)26-24(27)25(13-7-8-14-25)20-9-11-22(28-4)12-10-20/h9-12,16-17H,5-8,13-15H2,1-4H3,(H,26,27). The molecule has 1 aliphatic rings. The maximum absolute atomic E-state index is 13.4. The minimum atomic E-state index is -0.468. The number of methoxy groups -OCH3 is 1. The van der Waals surface area contributed by atoms with E-state index in [4.69, 9.17) is 9.47 Å². The van der Waals surface area contributed by atoms with E-state index in [0.29, 0.717) is 0 Å². The Morgan fingerprint density at radius 3 is 2.24 bits per heavy atom. The number of anilines is 1. The molecule has 1 fully saturated rings. The molecule has 4 nitrogen and oxygen atoms in total. The molecule has 1 saturated carbocycles. The van der Waals surface area contributed by atoms with Crippen molar-refractivity contribution >= 4 is 11.6 Å². The molecule has 0 bridgehead atoms.